The third-order valence-corrected chi connectivity index (χ3v) is 2.70. The molecule has 0 bridgehead atoms. The Labute approximate surface area is 112 Å². The van der Waals surface area contributed by atoms with Gasteiger partial charge in [0, 0.05) is 6.42 Å². The molecule has 1 rings (SSSR count). The van der Waals surface area contributed by atoms with Crippen molar-refractivity contribution < 1.29 is 34.0 Å². The van der Waals surface area contributed by atoms with Crippen LogP contribution >= 0.6 is 0 Å². The highest BCUT2D eigenvalue weighted by Crippen LogP contribution is 2.27. The van der Waals surface area contributed by atoms with E-state index in [4.69, 9.17) is 29.2 Å². The van der Waals surface area contributed by atoms with Crippen LogP contribution in [0.25, 0.3) is 0 Å². The minimum absolute atomic E-state index is 0.0486. The lowest BCUT2D eigenvalue weighted by atomic mass is 10.2. The van der Waals surface area contributed by atoms with Gasteiger partial charge in [-0.15, -0.1) is 0 Å². The fraction of sp³-hybridized carbons (Fsp3) is 0.917. The van der Waals surface area contributed by atoms with Gasteiger partial charge in [-0.3, -0.25) is 4.79 Å². The maximum Gasteiger partial charge on any atom is 0.306 e. The number of rotatable bonds is 9. The molecule has 0 aromatic carbocycles. The molecule has 0 aliphatic carbocycles. The first-order valence-electron chi connectivity index (χ1n) is 6.36. The Morgan fingerprint density at radius 2 is 2.16 bits per heavy atom. The summed E-state index contributed by atoms with van der Waals surface area (Å²) < 4.78 is 20.8. The van der Waals surface area contributed by atoms with Gasteiger partial charge in [-0.1, -0.05) is 0 Å². The maximum absolute atomic E-state index is 11.4. The van der Waals surface area contributed by atoms with Gasteiger partial charge in [0.05, 0.1) is 39.5 Å². The van der Waals surface area contributed by atoms with Crippen molar-refractivity contribution in [2.75, 3.05) is 39.6 Å². The first-order chi connectivity index (χ1) is 9.09. The fourth-order valence-electron chi connectivity index (χ4n) is 1.69. The summed E-state index contributed by atoms with van der Waals surface area (Å²) in [5.74, 6) is -1.19. The summed E-state index contributed by atoms with van der Waals surface area (Å²) >= 11 is 0. The Morgan fingerprint density at radius 3 is 2.79 bits per heavy atom. The minimum Gasteiger partial charge on any atom is -0.463 e. The van der Waals surface area contributed by atoms with Gasteiger partial charge in [0.15, 0.2) is 5.79 Å². The number of hydrogen-bond donors (Lipinski definition) is 2. The smallest absolute Gasteiger partial charge is 0.306 e. The van der Waals surface area contributed by atoms with Crippen molar-refractivity contribution in [1.82, 2.24) is 0 Å². The van der Waals surface area contributed by atoms with Gasteiger partial charge in [0.1, 0.15) is 12.7 Å². The fourth-order valence-corrected chi connectivity index (χ4v) is 1.69. The molecule has 19 heavy (non-hydrogen) atoms. The van der Waals surface area contributed by atoms with Crippen molar-refractivity contribution in [2.45, 2.75) is 31.7 Å². The summed E-state index contributed by atoms with van der Waals surface area (Å²) in [6.07, 6.45) is 0.224. The standard InChI is InChI=1S/C12H22O7/c1-12(18-9-10(8-14)19-12)3-2-11(15)17-7-6-16-5-4-13/h10,13-14H,2-9H2,1H3. The number of hydrogen-bond acceptors (Lipinski definition) is 7. The molecule has 0 spiro atoms. The molecule has 7 nitrogen and oxygen atoms in total. The predicted molar refractivity (Wildman–Crippen MR) is 64.4 cm³/mol. The Bertz CT molecular complexity index is 271. The zero-order valence-corrected chi connectivity index (χ0v) is 11.2. The molecule has 1 aliphatic heterocycles. The topological polar surface area (TPSA) is 94.5 Å². The number of esters is 1. The molecule has 0 aromatic heterocycles. The highest BCUT2D eigenvalue weighted by atomic mass is 16.7. The monoisotopic (exact) mass is 278 g/mol. The van der Waals surface area contributed by atoms with E-state index in [1.165, 1.54) is 0 Å². The van der Waals surface area contributed by atoms with Crippen LogP contribution in [0, 0.1) is 0 Å². The van der Waals surface area contributed by atoms with Crippen LogP contribution in [0.1, 0.15) is 19.8 Å². The van der Waals surface area contributed by atoms with Crippen molar-refractivity contribution in [1.29, 1.82) is 0 Å². The molecule has 1 heterocycles. The van der Waals surface area contributed by atoms with Crippen molar-refractivity contribution >= 4 is 5.97 Å². The van der Waals surface area contributed by atoms with E-state index < -0.39 is 5.79 Å². The van der Waals surface area contributed by atoms with E-state index in [-0.39, 0.29) is 51.5 Å². The molecule has 0 saturated carbocycles. The molecule has 2 N–H and O–H groups in total. The maximum atomic E-state index is 11.4. The Hall–Kier alpha value is -0.730. The summed E-state index contributed by atoms with van der Waals surface area (Å²) in [5, 5.41) is 17.4. The molecular formula is C12H22O7. The third kappa shape index (κ3) is 6.31. The number of carbonyl (C=O) groups is 1. The third-order valence-electron chi connectivity index (χ3n) is 2.70. The van der Waals surface area contributed by atoms with Gasteiger partial charge in [-0.25, -0.2) is 0 Å². The van der Waals surface area contributed by atoms with E-state index in [1.54, 1.807) is 6.92 Å². The molecule has 0 amide bonds. The Kier molecular flexibility index (Phi) is 7.25. The average molecular weight is 278 g/mol. The van der Waals surface area contributed by atoms with Crippen molar-refractivity contribution in [2.24, 2.45) is 0 Å². The van der Waals surface area contributed by atoms with Gasteiger partial charge in [-0.2, -0.15) is 0 Å². The molecule has 1 aliphatic rings. The summed E-state index contributed by atoms with van der Waals surface area (Å²) in [7, 11) is 0. The van der Waals surface area contributed by atoms with E-state index in [0.29, 0.717) is 13.0 Å². The van der Waals surface area contributed by atoms with Crippen molar-refractivity contribution in [3.63, 3.8) is 0 Å². The van der Waals surface area contributed by atoms with E-state index in [0.717, 1.165) is 0 Å². The van der Waals surface area contributed by atoms with Crippen LogP contribution in [0.5, 0.6) is 0 Å². The van der Waals surface area contributed by atoms with Crippen LogP contribution in [0.3, 0.4) is 0 Å². The molecular weight excluding hydrogens is 256 g/mol. The SMILES string of the molecule is CC1(CCC(=O)OCCOCCO)OCC(CO)O1. The average Bonchev–Trinajstić information content (AvgIpc) is 2.79. The number of aliphatic hydroxyl groups excluding tert-OH is 2. The lowest BCUT2D eigenvalue weighted by Gasteiger charge is -2.22. The normalized spacial score (nSPS) is 26.6. The van der Waals surface area contributed by atoms with Gasteiger partial charge >= 0.3 is 5.97 Å². The summed E-state index contributed by atoms with van der Waals surface area (Å²) in [6.45, 7) is 2.59. The molecule has 0 radical (unpaired) electrons. The van der Waals surface area contributed by atoms with Crippen molar-refractivity contribution in [3.8, 4) is 0 Å². The lowest BCUT2D eigenvalue weighted by molar-refractivity contribution is -0.170. The lowest BCUT2D eigenvalue weighted by Crippen LogP contribution is -2.28. The van der Waals surface area contributed by atoms with Gasteiger partial charge in [-0.05, 0) is 6.92 Å². The van der Waals surface area contributed by atoms with Crippen LogP contribution in [-0.2, 0) is 23.7 Å². The van der Waals surface area contributed by atoms with Gasteiger partial charge < -0.3 is 29.2 Å². The van der Waals surface area contributed by atoms with E-state index in [2.05, 4.69) is 0 Å². The van der Waals surface area contributed by atoms with Crippen LogP contribution in [0.2, 0.25) is 0 Å². The number of aliphatic hydroxyl groups is 2. The highest BCUT2D eigenvalue weighted by molar-refractivity contribution is 5.69. The van der Waals surface area contributed by atoms with Gasteiger partial charge in [0.25, 0.3) is 0 Å². The van der Waals surface area contributed by atoms with Crippen LogP contribution in [-0.4, -0.2) is 67.7 Å². The molecule has 112 valence electrons. The zero-order valence-electron chi connectivity index (χ0n) is 11.2. The first kappa shape index (κ1) is 16.3. The van der Waals surface area contributed by atoms with E-state index >= 15 is 0 Å². The summed E-state index contributed by atoms with van der Waals surface area (Å²) in [4.78, 5) is 11.4. The second-order valence-corrected chi connectivity index (χ2v) is 4.42. The molecule has 2 atom stereocenters. The van der Waals surface area contributed by atoms with Crippen LogP contribution in [0.15, 0.2) is 0 Å². The molecule has 2 unspecified atom stereocenters. The highest BCUT2D eigenvalue weighted by Gasteiger charge is 2.37. The summed E-state index contributed by atoms with van der Waals surface area (Å²) in [5.41, 5.74) is 0. The minimum atomic E-state index is -0.834. The first-order valence-corrected chi connectivity index (χ1v) is 6.36. The van der Waals surface area contributed by atoms with Crippen molar-refractivity contribution in [3.05, 3.63) is 0 Å². The van der Waals surface area contributed by atoms with Crippen LogP contribution in [0.4, 0.5) is 0 Å². The quantitative estimate of drug-likeness (QED) is 0.431. The van der Waals surface area contributed by atoms with Crippen LogP contribution < -0.4 is 0 Å². The molecule has 1 fully saturated rings. The summed E-state index contributed by atoms with van der Waals surface area (Å²) in [6, 6.07) is 0. The largest absolute Gasteiger partial charge is 0.463 e. The second-order valence-electron chi connectivity index (χ2n) is 4.42. The molecule has 1 saturated heterocycles. The Morgan fingerprint density at radius 1 is 1.37 bits per heavy atom. The molecule has 0 aromatic rings. The molecule has 7 heteroatoms. The predicted octanol–water partition coefficient (Wildman–Crippen LogP) is -0.557. The van der Waals surface area contributed by atoms with Gasteiger partial charge in [0.2, 0.25) is 0 Å². The van der Waals surface area contributed by atoms with E-state index in [9.17, 15) is 4.79 Å². The zero-order chi connectivity index (χ0) is 14.1. The second kappa shape index (κ2) is 8.44. The van der Waals surface area contributed by atoms with E-state index in [1.807, 2.05) is 0 Å². The number of carbonyl (C=O) groups excluding carboxylic acids is 1. The number of ether oxygens (including phenoxy) is 4. The Balaban J connectivity index is 2.09.